The molecular weight excluding hydrogens is 470 g/mol. The van der Waals surface area contributed by atoms with Crippen molar-refractivity contribution in [3.63, 3.8) is 0 Å². The average Bonchev–Trinajstić information content (AvgIpc) is 3.14. The Morgan fingerprint density at radius 3 is 2.03 bits per heavy atom. The van der Waals surface area contributed by atoms with Crippen LogP contribution in [-0.4, -0.2) is 48.9 Å². The smallest absolute Gasteiger partial charge is 0.408 e. The minimum Gasteiger partial charge on any atom is -0.449 e. The summed E-state index contributed by atoms with van der Waals surface area (Å²) < 4.78 is 10.9. The summed E-state index contributed by atoms with van der Waals surface area (Å²) in [6.07, 6.45) is 0.571. The van der Waals surface area contributed by atoms with Crippen LogP contribution in [0.3, 0.4) is 0 Å². The normalized spacial score (nSPS) is 13.4. The number of alkyl carbamates (subject to hydrolysis) is 2. The van der Waals surface area contributed by atoms with Gasteiger partial charge in [0.05, 0.1) is 0 Å². The predicted octanol–water partition coefficient (Wildman–Crippen LogP) is 5.11. The Morgan fingerprint density at radius 2 is 1.46 bits per heavy atom. The lowest BCUT2D eigenvalue weighted by atomic mass is 9.98. The summed E-state index contributed by atoms with van der Waals surface area (Å²) in [6, 6.07) is 15.6. The van der Waals surface area contributed by atoms with Crippen LogP contribution in [0.1, 0.15) is 70.9 Å². The lowest BCUT2D eigenvalue weighted by Crippen LogP contribution is -2.49. The quantitative estimate of drug-likeness (QED) is 0.386. The van der Waals surface area contributed by atoms with Crippen LogP contribution < -0.4 is 16.0 Å². The molecule has 1 atom stereocenters. The van der Waals surface area contributed by atoms with Crippen molar-refractivity contribution in [2.24, 2.45) is 0 Å². The first-order valence-corrected chi connectivity index (χ1v) is 12.9. The number of hydrogen-bond donors (Lipinski definition) is 3. The zero-order valence-electron chi connectivity index (χ0n) is 22.4. The highest BCUT2D eigenvalue weighted by Gasteiger charge is 2.29. The van der Waals surface area contributed by atoms with Crippen LogP contribution in [0.25, 0.3) is 11.1 Å². The Kier molecular flexibility index (Phi) is 9.55. The van der Waals surface area contributed by atoms with Gasteiger partial charge in [0.2, 0.25) is 5.91 Å². The van der Waals surface area contributed by atoms with Gasteiger partial charge in [-0.3, -0.25) is 4.79 Å². The van der Waals surface area contributed by atoms with Gasteiger partial charge in [0.15, 0.2) is 0 Å². The number of nitrogens with one attached hydrogen (secondary N) is 3. The number of fused-ring (bicyclic) bond motifs is 3. The lowest BCUT2D eigenvalue weighted by Gasteiger charge is -2.24. The first-order chi connectivity index (χ1) is 17.5. The van der Waals surface area contributed by atoms with Gasteiger partial charge in [0.1, 0.15) is 18.2 Å². The fourth-order valence-corrected chi connectivity index (χ4v) is 4.42. The van der Waals surface area contributed by atoms with Crippen molar-refractivity contribution in [3.8, 4) is 11.1 Å². The van der Waals surface area contributed by atoms with Crippen LogP contribution in [0.5, 0.6) is 0 Å². The molecule has 0 radical (unpaired) electrons. The van der Waals surface area contributed by atoms with Crippen molar-refractivity contribution in [3.05, 3.63) is 59.7 Å². The minimum atomic E-state index is -0.716. The highest BCUT2D eigenvalue weighted by Crippen LogP contribution is 2.44. The molecule has 8 nitrogen and oxygen atoms in total. The molecule has 0 heterocycles. The zero-order valence-corrected chi connectivity index (χ0v) is 22.4. The van der Waals surface area contributed by atoms with Gasteiger partial charge in [0, 0.05) is 18.5 Å². The number of unbranched alkanes of at least 4 members (excludes halogenated alkanes) is 1. The number of rotatable bonds is 10. The molecular formula is C29H39N3O5. The SMILES string of the molecule is CC(C)NC(=O)C(CCCCNC(=O)OCC1c2ccccc2-c2ccccc21)NC(=O)OC(C)(C)C. The summed E-state index contributed by atoms with van der Waals surface area (Å²) in [6.45, 7) is 9.69. The van der Waals surface area contributed by atoms with E-state index in [-0.39, 0.29) is 24.5 Å². The fraction of sp³-hybridized carbons (Fsp3) is 0.483. The van der Waals surface area contributed by atoms with Gasteiger partial charge in [0.25, 0.3) is 0 Å². The third-order valence-electron chi connectivity index (χ3n) is 5.97. The maximum Gasteiger partial charge on any atom is 0.408 e. The highest BCUT2D eigenvalue weighted by molar-refractivity contribution is 5.85. The predicted molar refractivity (Wildman–Crippen MR) is 143 cm³/mol. The van der Waals surface area contributed by atoms with E-state index in [0.29, 0.717) is 25.8 Å². The number of ether oxygens (including phenoxy) is 2. The monoisotopic (exact) mass is 509 g/mol. The van der Waals surface area contributed by atoms with Gasteiger partial charge in [-0.15, -0.1) is 0 Å². The molecule has 0 aliphatic heterocycles. The topological polar surface area (TPSA) is 106 Å². The van der Waals surface area contributed by atoms with Crippen LogP contribution >= 0.6 is 0 Å². The van der Waals surface area contributed by atoms with Crippen molar-refractivity contribution in [1.29, 1.82) is 0 Å². The van der Waals surface area contributed by atoms with E-state index in [1.54, 1.807) is 20.8 Å². The molecule has 200 valence electrons. The molecule has 0 saturated heterocycles. The van der Waals surface area contributed by atoms with Crippen molar-refractivity contribution in [1.82, 2.24) is 16.0 Å². The van der Waals surface area contributed by atoms with Crippen LogP contribution in [0, 0.1) is 0 Å². The summed E-state index contributed by atoms with van der Waals surface area (Å²) >= 11 is 0. The lowest BCUT2D eigenvalue weighted by molar-refractivity contribution is -0.123. The van der Waals surface area contributed by atoms with Gasteiger partial charge in [-0.1, -0.05) is 48.5 Å². The third-order valence-corrected chi connectivity index (χ3v) is 5.97. The van der Waals surface area contributed by atoms with E-state index >= 15 is 0 Å². The molecule has 0 spiro atoms. The van der Waals surface area contributed by atoms with Crippen molar-refractivity contribution in [2.45, 2.75) is 77.5 Å². The van der Waals surface area contributed by atoms with E-state index in [0.717, 1.165) is 0 Å². The van der Waals surface area contributed by atoms with Gasteiger partial charge in [-0.2, -0.15) is 0 Å². The largest absolute Gasteiger partial charge is 0.449 e. The molecule has 1 aliphatic rings. The molecule has 8 heteroatoms. The molecule has 0 aromatic heterocycles. The second kappa shape index (κ2) is 12.6. The Balaban J connectivity index is 1.43. The van der Waals surface area contributed by atoms with E-state index in [2.05, 4.69) is 40.2 Å². The van der Waals surface area contributed by atoms with Crippen molar-refractivity contribution in [2.75, 3.05) is 13.2 Å². The maximum absolute atomic E-state index is 12.5. The van der Waals surface area contributed by atoms with E-state index in [4.69, 9.17) is 9.47 Å². The average molecular weight is 510 g/mol. The van der Waals surface area contributed by atoms with E-state index in [1.165, 1.54) is 22.3 Å². The number of carbonyl (C=O) groups is 3. The van der Waals surface area contributed by atoms with Gasteiger partial charge >= 0.3 is 12.2 Å². The standard InChI is InChI=1S/C29H39N3O5/c1-19(2)31-26(33)25(32-28(35)37-29(3,4)5)16-10-11-17-30-27(34)36-18-24-22-14-8-6-12-20(22)21-13-7-9-15-23(21)24/h6-9,12-15,19,24-25H,10-11,16-18H2,1-5H3,(H,30,34)(H,31,33)(H,32,35). The number of carbonyl (C=O) groups excluding carboxylic acids is 3. The molecule has 1 aliphatic carbocycles. The molecule has 2 aromatic carbocycles. The number of hydrogen-bond acceptors (Lipinski definition) is 5. The summed E-state index contributed by atoms with van der Waals surface area (Å²) in [7, 11) is 0. The number of benzene rings is 2. The molecule has 0 fully saturated rings. The third kappa shape index (κ3) is 8.23. The molecule has 3 N–H and O–H groups in total. The summed E-state index contributed by atoms with van der Waals surface area (Å²) in [4.78, 5) is 37.1. The molecule has 0 bridgehead atoms. The molecule has 0 saturated carbocycles. The van der Waals surface area contributed by atoms with Crippen molar-refractivity contribution < 1.29 is 23.9 Å². The Labute approximate surface area is 219 Å². The second-order valence-corrected chi connectivity index (χ2v) is 10.6. The Bertz CT molecular complexity index is 1050. The van der Waals surface area contributed by atoms with Crippen LogP contribution in [0.2, 0.25) is 0 Å². The molecule has 37 heavy (non-hydrogen) atoms. The molecule has 2 aromatic rings. The molecule has 1 unspecified atom stereocenters. The zero-order chi connectivity index (χ0) is 27.0. The van der Waals surface area contributed by atoms with Crippen LogP contribution in [-0.2, 0) is 14.3 Å². The second-order valence-electron chi connectivity index (χ2n) is 10.6. The maximum atomic E-state index is 12.5. The summed E-state index contributed by atoms with van der Waals surface area (Å²) in [5.41, 5.74) is 4.04. The van der Waals surface area contributed by atoms with E-state index in [9.17, 15) is 14.4 Å². The molecule has 3 rings (SSSR count). The van der Waals surface area contributed by atoms with Gasteiger partial charge in [-0.25, -0.2) is 9.59 Å². The summed E-state index contributed by atoms with van der Waals surface area (Å²) in [5, 5.41) is 8.28. The van der Waals surface area contributed by atoms with E-state index < -0.39 is 23.8 Å². The highest BCUT2D eigenvalue weighted by atomic mass is 16.6. The Morgan fingerprint density at radius 1 is 0.865 bits per heavy atom. The first-order valence-electron chi connectivity index (χ1n) is 12.9. The van der Waals surface area contributed by atoms with Crippen molar-refractivity contribution >= 4 is 18.1 Å². The van der Waals surface area contributed by atoms with Gasteiger partial charge in [-0.05, 0) is 76.1 Å². The minimum absolute atomic E-state index is 0.0114. The van der Waals surface area contributed by atoms with Gasteiger partial charge < -0.3 is 25.4 Å². The van der Waals surface area contributed by atoms with Crippen LogP contribution in [0.15, 0.2) is 48.5 Å². The Hall–Kier alpha value is -3.55. The first kappa shape index (κ1) is 28.0. The van der Waals surface area contributed by atoms with Crippen LogP contribution in [0.4, 0.5) is 9.59 Å². The summed E-state index contributed by atoms with van der Waals surface area (Å²) in [5.74, 6) is -0.248. The van der Waals surface area contributed by atoms with E-state index in [1.807, 2.05) is 38.1 Å². The fourth-order valence-electron chi connectivity index (χ4n) is 4.42. The number of amides is 3. The molecule has 3 amide bonds.